The zero-order chi connectivity index (χ0) is 24.8. The van der Waals surface area contributed by atoms with Crippen LogP contribution in [0, 0.1) is 5.92 Å². The highest BCUT2D eigenvalue weighted by Crippen LogP contribution is 2.26. The number of carbonyl (C=O) groups is 4. The number of ether oxygens (including phenoxy) is 1. The lowest BCUT2D eigenvalue weighted by molar-refractivity contribution is -0.155. The molecule has 0 saturated carbocycles. The quantitative estimate of drug-likeness (QED) is 0.644. The Morgan fingerprint density at radius 2 is 1.60 bits per heavy atom. The van der Waals surface area contributed by atoms with Crippen LogP contribution in [0.4, 0.5) is 16.2 Å². The molecule has 9 heteroatoms. The summed E-state index contributed by atoms with van der Waals surface area (Å²) in [6, 6.07) is 16.7. The van der Waals surface area contributed by atoms with Crippen LogP contribution in [0.1, 0.15) is 18.9 Å². The number of rotatable bonds is 6. The number of anilines is 2. The number of hydrogen-bond donors (Lipinski definition) is 1. The van der Waals surface area contributed by atoms with E-state index in [1.165, 1.54) is 5.56 Å². The van der Waals surface area contributed by atoms with Crippen LogP contribution in [0.5, 0.6) is 0 Å². The molecule has 0 spiro atoms. The number of amides is 4. The number of aryl methyl sites for hydroxylation is 1. The van der Waals surface area contributed by atoms with Crippen LogP contribution < -0.4 is 10.2 Å². The van der Waals surface area contributed by atoms with Crippen molar-refractivity contribution in [1.29, 1.82) is 0 Å². The summed E-state index contributed by atoms with van der Waals surface area (Å²) in [5, 5.41) is 2.83. The highest BCUT2D eigenvalue weighted by Gasteiger charge is 2.36. The molecular formula is C26H30N4O5. The Hall–Kier alpha value is -3.88. The highest BCUT2D eigenvalue weighted by molar-refractivity contribution is 5.99. The van der Waals surface area contributed by atoms with E-state index < -0.39 is 11.9 Å². The Morgan fingerprint density at radius 1 is 0.943 bits per heavy atom. The maximum Gasteiger partial charge on any atom is 0.321 e. The van der Waals surface area contributed by atoms with E-state index in [0.717, 1.165) is 12.1 Å². The van der Waals surface area contributed by atoms with Crippen molar-refractivity contribution in [2.45, 2.75) is 19.8 Å². The molecule has 2 heterocycles. The van der Waals surface area contributed by atoms with Gasteiger partial charge in [-0.25, -0.2) is 4.79 Å². The van der Waals surface area contributed by atoms with Crippen LogP contribution in [0.15, 0.2) is 54.6 Å². The summed E-state index contributed by atoms with van der Waals surface area (Å²) < 4.78 is 5.26. The number of benzene rings is 2. The van der Waals surface area contributed by atoms with E-state index in [1.54, 1.807) is 14.7 Å². The summed E-state index contributed by atoms with van der Waals surface area (Å²) in [6.07, 6.45) is 0.977. The molecular weight excluding hydrogens is 448 g/mol. The molecule has 9 nitrogen and oxygen atoms in total. The van der Waals surface area contributed by atoms with Gasteiger partial charge in [0.05, 0.1) is 5.92 Å². The molecule has 2 saturated heterocycles. The van der Waals surface area contributed by atoms with Gasteiger partial charge in [0.1, 0.15) is 0 Å². The first kappa shape index (κ1) is 24.3. The first-order valence-electron chi connectivity index (χ1n) is 11.9. The average Bonchev–Trinajstić information content (AvgIpc) is 3.29. The van der Waals surface area contributed by atoms with Crippen molar-refractivity contribution >= 4 is 35.2 Å². The topological polar surface area (TPSA) is 99.3 Å². The third-order valence-electron chi connectivity index (χ3n) is 6.40. The molecule has 4 amide bonds. The smallest absolute Gasteiger partial charge is 0.321 e. The number of nitrogens with zero attached hydrogens (tertiary/aromatic N) is 3. The van der Waals surface area contributed by atoms with Crippen molar-refractivity contribution in [3.63, 3.8) is 0 Å². The predicted octanol–water partition coefficient (Wildman–Crippen LogP) is 2.52. The summed E-state index contributed by atoms with van der Waals surface area (Å²) >= 11 is 0. The summed E-state index contributed by atoms with van der Waals surface area (Å²) in [7, 11) is 0. The zero-order valence-corrected chi connectivity index (χ0v) is 19.8. The van der Waals surface area contributed by atoms with Crippen LogP contribution in [0.25, 0.3) is 0 Å². The van der Waals surface area contributed by atoms with E-state index >= 15 is 0 Å². The Labute approximate surface area is 204 Å². The van der Waals surface area contributed by atoms with Gasteiger partial charge < -0.3 is 24.8 Å². The molecule has 2 fully saturated rings. The normalized spacial score (nSPS) is 17.9. The van der Waals surface area contributed by atoms with Gasteiger partial charge in [0, 0.05) is 50.5 Å². The van der Waals surface area contributed by atoms with Crippen molar-refractivity contribution in [3.8, 4) is 0 Å². The molecule has 2 aromatic carbocycles. The molecule has 184 valence electrons. The minimum Gasteiger partial charge on any atom is -0.455 e. The van der Waals surface area contributed by atoms with Gasteiger partial charge in [0.25, 0.3) is 5.91 Å². The van der Waals surface area contributed by atoms with Crippen LogP contribution in [0.3, 0.4) is 0 Å². The first-order chi connectivity index (χ1) is 16.9. The molecule has 0 radical (unpaired) electrons. The minimum absolute atomic E-state index is 0.0672. The number of hydrogen-bond acceptors (Lipinski definition) is 5. The Morgan fingerprint density at radius 3 is 2.26 bits per heavy atom. The number of nitrogens with one attached hydrogen (secondary N) is 1. The molecule has 4 rings (SSSR count). The Kier molecular flexibility index (Phi) is 7.64. The predicted molar refractivity (Wildman–Crippen MR) is 131 cm³/mol. The SMILES string of the molecule is CCc1ccc(N2CC(C(=O)OCC(=O)N3CCN(C(=O)Nc4ccccc4)CC3)CC2=O)cc1. The Bertz CT molecular complexity index is 1060. The second-order valence-electron chi connectivity index (χ2n) is 8.70. The maximum absolute atomic E-state index is 12.5. The van der Waals surface area contributed by atoms with E-state index in [9.17, 15) is 19.2 Å². The van der Waals surface area contributed by atoms with Crippen molar-refractivity contribution in [3.05, 3.63) is 60.2 Å². The molecule has 1 atom stereocenters. The first-order valence-corrected chi connectivity index (χ1v) is 11.9. The van der Waals surface area contributed by atoms with Crippen LogP contribution in [-0.4, -0.2) is 72.9 Å². The van der Waals surface area contributed by atoms with Crippen molar-refractivity contribution in [2.75, 3.05) is 49.5 Å². The lowest BCUT2D eigenvalue weighted by atomic mass is 10.1. The van der Waals surface area contributed by atoms with E-state index in [0.29, 0.717) is 31.9 Å². The minimum atomic E-state index is -0.598. The van der Waals surface area contributed by atoms with E-state index in [1.807, 2.05) is 54.6 Å². The van der Waals surface area contributed by atoms with Gasteiger partial charge in [0.15, 0.2) is 6.61 Å². The van der Waals surface area contributed by atoms with Crippen LogP contribution >= 0.6 is 0 Å². The van der Waals surface area contributed by atoms with E-state index in [-0.39, 0.29) is 37.4 Å². The molecule has 1 N–H and O–H groups in total. The maximum atomic E-state index is 12.5. The molecule has 0 aliphatic carbocycles. The molecule has 2 aliphatic heterocycles. The number of piperazine rings is 1. The van der Waals surface area contributed by atoms with Crippen LogP contribution in [0.2, 0.25) is 0 Å². The molecule has 0 bridgehead atoms. The van der Waals surface area contributed by atoms with Crippen molar-refractivity contribution < 1.29 is 23.9 Å². The summed E-state index contributed by atoms with van der Waals surface area (Å²) in [6.45, 7) is 3.44. The molecule has 1 unspecified atom stereocenters. The number of para-hydroxylation sites is 1. The van der Waals surface area contributed by atoms with Gasteiger partial charge in [0.2, 0.25) is 5.91 Å². The molecule has 35 heavy (non-hydrogen) atoms. The van der Waals surface area contributed by atoms with Gasteiger partial charge in [-0.05, 0) is 36.2 Å². The van der Waals surface area contributed by atoms with Crippen LogP contribution in [-0.2, 0) is 25.5 Å². The lowest BCUT2D eigenvalue weighted by Gasteiger charge is -2.34. The molecule has 0 aromatic heterocycles. The fourth-order valence-corrected chi connectivity index (χ4v) is 4.25. The second-order valence-corrected chi connectivity index (χ2v) is 8.70. The highest BCUT2D eigenvalue weighted by atomic mass is 16.5. The monoisotopic (exact) mass is 478 g/mol. The van der Waals surface area contributed by atoms with Gasteiger partial charge in [-0.1, -0.05) is 37.3 Å². The van der Waals surface area contributed by atoms with E-state index in [2.05, 4.69) is 12.2 Å². The fourth-order valence-electron chi connectivity index (χ4n) is 4.25. The molecule has 2 aromatic rings. The number of carbonyl (C=O) groups excluding carboxylic acids is 4. The molecule has 2 aliphatic rings. The van der Waals surface area contributed by atoms with Gasteiger partial charge in [-0.2, -0.15) is 0 Å². The lowest BCUT2D eigenvalue weighted by Crippen LogP contribution is -2.52. The summed E-state index contributed by atoms with van der Waals surface area (Å²) in [5.74, 6) is -1.58. The third kappa shape index (κ3) is 5.98. The second kappa shape index (κ2) is 11.0. The number of esters is 1. The third-order valence-corrected chi connectivity index (χ3v) is 6.40. The summed E-state index contributed by atoms with van der Waals surface area (Å²) in [4.78, 5) is 54.7. The summed E-state index contributed by atoms with van der Waals surface area (Å²) in [5.41, 5.74) is 2.64. The van der Waals surface area contributed by atoms with E-state index in [4.69, 9.17) is 4.74 Å². The largest absolute Gasteiger partial charge is 0.455 e. The van der Waals surface area contributed by atoms with Gasteiger partial charge in [-0.3, -0.25) is 14.4 Å². The zero-order valence-electron chi connectivity index (χ0n) is 19.8. The Balaban J connectivity index is 1.20. The average molecular weight is 479 g/mol. The fraction of sp³-hybridized carbons (Fsp3) is 0.385. The van der Waals surface area contributed by atoms with Gasteiger partial charge >= 0.3 is 12.0 Å². The number of urea groups is 1. The van der Waals surface area contributed by atoms with Gasteiger partial charge in [-0.15, -0.1) is 0 Å². The van der Waals surface area contributed by atoms with Crippen molar-refractivity contribution in [2.24, 2.45) is 5.92 Å². The standard InChI is InChI=1S/C26H30N4O5/c1-2-19-8-10-22(11-9-19)30-17-20(16-23(30)31)25(33)35-18-24(32)28-12-14-29(15-13-28)26(34)27-21-6-4-3-5-7-21/h3-11,20H,2,12-18H2,1H3,(H,27,34). The van der Waals surface area contributed by atoms with Crippen molar-refractivity contribution in [1.82, 2.24) is 9.80 Å².